The Morgan fingerprint density at radius 2 is 1.82 bits per heavy atom. The zero-order valence-electron chi connectivity index (χ0n) is 16.2. The Bertz CT molecular complexity index is 1170. The minimum atomic E-state index is -0.136. The van der Waals surface area contributed by atoms with Gasteiger partial charge in [0.25, 0.3) is 5.56 Å². The molecule has 0 atom stereocenters. The lowest BCUT2D eigenvalue weighted by molar-refractivity contribution is -0.688. The molecule has 0 aliphatic heterocycles. The number of rotatable bonds is 5. The summed E-state index contributed by atoms with van der Waals surface area (Å²) in [6.45, 7) is 3.43. The van der Waals surface area contributed by atoms with Gasteiger partial charge in [-0.05, 0) is 31.2 Å². The van der Waals surface area contributed by atoms with Crippen molar-refractivity contribution in [2.24, 2.45) is 7.05 Å². The molecule has 4 aromatic rings. The molecule has 0 aliphatic carbocycles. The lowest BCUT2D eigenvalue weighted by atomic mass is 10.2. The fraction of sp³-hybridized carbons (Fsp3) is 0.238. The molecule has 0 saturated heterocycles. The Balaban J connectivity index is 1.67. The number of benzene rings is 1. The van der Waals surface area contributed by atoms with E-state index in [9.17, 15) is 4.79 Å². The summed E-state index contributed by atoms with van der Waals surface area (Å²) in [7, 11) is 3.32. The third kappa shape index (κ3) is 3.15. The number of hydrogen-bond acceptors (Lipinski definition) is 4. The van der Waals surface area contributed by atoms with Gasteiger partial charge in [0.15, 0.2) is 18.9 Å². The van der Waals surface area contributed by atoms with Crippen molar-refractivity contribution in [2.75, 3.05) is 7.11 Å². The second-order valence-electron chi connectivity index (χ2n) is 6.59. The Morgan fingerprint density at radius 3 is 2.46 bits per heavy atom. The number of aromatic nitrogens is 5. The molecule has 7 nitrogen and oxygen atoms in total. The number of fused-ring (bicyclic) bond motifs is 1. The Labute approximate surface area is 162 Å². The maximum Gasteiger partial charge on any atom is 0.292 e. The van der Waals surface area contributed by atoms with Crippen molar-refractivity contribution in [2.45, 2.75) is 20.0 Å². The predicted octanol–water partition coefficient (Wildman–Crippen LogP) is 2.16. The average molecular weight is 376 g/mol. The highest BCUT2D eigenvalue weighted by Gasteiger charge is 2.16. The van der Waals surface area contributed by atoms with Crippen LogP contribution in [-0.2, 0) is 20.1 Å². The van der Waals surface area contributed by atoms with Crippen LogP contribution in [0, 0.1) is 0 Å². The van der Waals surface area contributed by atoms with Crippen LogP contribution in [0.1, 0.15) is 12.5 Å². The number of hydrogen-bond donors (Lipinski definition) is 0. The van der Waals surface area contributed by atoms with E-state index >= 15 is 0 Å². The smallest absolute Gasteiger partial charge is 0.292 e. The van der Waals surface area contributed by atoms with E-state index in [0.717, 1.165) is 23.7 Å². The number of imidazole rings is 1. The highest BCUT2D eigenvalue weighted by Crippen LogP contribution is 2.21. The number of methoxy groups -OCH3 is 1. The first kappa shape index (κ1) is 17.9. The first-order chi connectivity index (χ1) is 13.6. The van der Waals surface area contributed by atoms with Gasteiger partial charge in [-0.1, -0.05) is 0 Å². The molecule has 0 fully saturated rings. The highest BCUT2D eigenvalue weighted by molar-refractivity contribution is 5.78. The molecule has 0 saturated carbocycles. The molecule has 0 amide bonds. The molecular weight excluding hydrogens is 354 g/mol. The molecule has 0 bridgehead atoms. The van der Waals surface area contributed by atoms with Crippen LogP contribution >= 0.6 is 0 Å². The zero-order valence-corrected chi connectivity index (χ0v) is 16.2. The molecule has 4 rings (SSSR count). The fourth-order valence-corrected chi connectivity index (χ4v) is 3.32. The molecule has 1 aromatic carbocycles. The normalized spacial score (nSPS) is 11.1. The first-order valence-electron chi connectivity index (χ1n) is 9.15. The van der Waals surface area contributed by atoms with Gasteiger partial charge >= 0.3 is 0 Å². The van der Waals surface area contributed by atoms with Gasteiger partial charge in [0.05, 0.1) is 13.3 Å². The summed E-state index contributed by atoms with van der Waals surface area (Å²) >= 11 is 0. The molecule has 0 unspecified atom stereocenters. The summed E-state index contributed by atoms with van der Waals surface area (Å²) in [5.41, 5.74) is 3.23. The van der Waals surface area contributed by atoms with Gasteiger partial charge in [0.1, 0.15) is 22.6 Å². The number of pyridine rings is 1. The van der Waals surface area contributed by atoms with Crippen molar-refractivity contribution < 1.29 is 9.30 Å². The molecule has 0 N–H and O–H groups in total. The average Bonchev–Trinajstić information content (AvgIpc) is 3.11. The lowest BCUT2D eigenvalue weighted by Gasteiger charge is -2.06. The third-order valence-corrected chi connectivity index (χ3v) is 4.83. The van der Waals surface area contributed by atoms with Crippen LogP contribution in [0.5, 0.6) is 5.75 Å². The van der Waals surface area contributed by atoms with Gasteiger partial charge in [-0.2, -0.15) is 5.10 Å². The van der Waals surface area contributed by atoms with Crippen molar-refractivity contribution in [3.63, 3.8) is 0 Å². The van der Waals surface area contributed by atoms with Crippen LogP contribution in [0.4, 0.5) is 0 Å². The van der Waals surface area contributed by atoms with E-state index in [1.54, 1.807) is 20.4 Å². The largest absolute Gasteiger partial charge is 0.497 e. The molecule has 0 aliphatic rings. The van der Waals surface area contributed by atoms with E-state index in [1.807, 2.05) is 48.1 Å². The van der Waals surface area contributed by atoms with Gasteiger partial charge in [0.2, 0.25) is 0 Å². The standard InChI is InChI=1S/C21H22N5O2/c1-4-26-19-18(13-22-24(2)21(19)27)23-20(26)16-9-11-25(12-10-16)14-15-5-7-17(28-3)8-6-15/h5-13H,4,14H2,1-3H3/q+1. The van der Waals surface area contributed by atoms with Gasteiger partial charge in [-0.3, -0.25) is 4.79 Å². The highest BCUT2D eigenvalue weighted by atomic mass is 16.5. The van der Waals surface area contributed by atoms with Gasteiger partial charge < -0.3 is 9.30 Å². The van der Waals surface area contributed by atoms with E-state index < -0.39 is 0 Å². The number of nitrogens with zero attached hydrogens (tertiary/aromatic N) is 5. The molecule has 3 aromatic heterocycles. The van der Waals surface area contributed by atoms with Crippen LogP contribution in [0.25, 0.3) is 22.4 Å². The number of aryl methyl sites for hydroxylation is 2. The van der Waals surface area contributed by atoms with E-state index in [-0.39, 0.29) is 5.56 Å². The summed E-state index contributed by atoms with van der Waals surface area (Å²) < 4.78 is 10.6. The van der Waals surface area contributed by atoms with Gasteiger partial charge in [-0.15, -0.1) is 0 Å². The maximum absolute atomic E-state index is 12.5. The van der Waals surface area contributed by atoms with E-state index in [1.165, 1.54) is 10.2 Å². The third-order valence-electron chi connectivity index (χ3n) is 4.83. The van der Waals surface area contributed by atoms with Crippen LogP contribution in [0.3, 0.4) is 0 Å². The summed E-state index contributed by atoms with van der Waals surface area (Å²) in [5, 5.41) is 4.08. The van der Waals surface area contributed by atoms with E-state index in [2.05, 4.69) is 26.8 Å². The van der Waals surface area contributed by atoms with Crippen molar-refractivity contribution in [1.29, 1.82) is 0 Å². The lowest BCUT2D eigenvalue weighted by Crippen LogP contribution is -2.33. The second-order valence-corrected chi connectivity index (χ2v) is 6.59. The number of ether oxygens (including phenoxy) is 1. The van der Waals surface area contributed by atoms with Crippen molar-refractivity contribution in [3.05, 3.63) is 70.9 Å². The molecule has 3 heterocycles. The summed E-state index contributed by atoms with van der Waals surface area (Å²) in [6, 6.07) is 12.1. The topological polar surface area (TPSA) is 65.8 Å². The quantitative estimate of drug-likeness (QED) is 0.501. The molecule has 142 valence electrons. The monoisotopic (exact) mass is 376 g/mol. The molecule has 28 heavy (non-hydrogen) atoms. The second kappa shape index (κ2) is 7.26. The minimum absolute atomic E-state index is 0.136. The molecule has 0 spiro atoms. The van der Waals surface area contributed by atoms with Crippen molar-refractivity contribution in [3.8, 4) is 17.1 Å². The zero-order chi connectivity index (χ0) is 19.7. The van der Waals surface area contributed by atoms with Crippen LogP contribution in [-0.4, -0.2) is 26.4 Å². The Hall–Kier alpha value is -3.48. The van der Waals surface area contributed by atoms with Crippen LogP contribution in [0.15, 0.2) is 59.8 Å². The Morgan fingerprint density at radius 1 is 1.11 bits per heavy atom. The summed E-state index contributed by atoms with van der Waals surface area (Å²) in [4.78, 5) is 17.1. The van der Waals surface area contributed by atoms with E-state index in [4.69, 9.17) is 4.74 Å². The van der Waals surface area contributed by atoms with Crippen LogP contribution < -0.4 is 14.9 Å². The first-order valence-corrected chi connectivity index (χ1v) is 9.15. The molecule has 7 heteroatoms. The predicted molar refractivity (Wildman–Crippen MR) is 106 cm³/mol. The van der Waals surface area contributed by atoms with Crippen LogP contribution in [0.2, 0.25) is 0 Å². The van der Waals surface area contributed by atoms with E-state index in [0.29, 0.717) is 17.6 Å². The van der Waals surface area contributed by atoms with Gasteiger partial charge in [-0.25, -0.2) is 14.2 Å². The van der Waals surface area contributed by atoms with Crippen molar-refractivity contribution in [1.82, 2.24) is 19.3 Å². The Kier molecular flexibility index (Phi) is 4.65. The molecular formula is C21H22N5O2+. The summed E-state index contributed by atoms with van der Waals surface area (Å²) in [6.07, 6.45) is 5.68. The fourth-order valence-electron chi connectivity index (χ4n) is 3.32. The van der Waals surface area contributed by atoms with Crippen molar-refractivity contribution >= 4 is 11.0 Å². The molecule has 0 radical (unpaired) electrons. The minimum Gasteiger partial charge on any atom is -0.497 e. The van der Waals surface area contributed by atoms with Gasteiger partial charge in [0, 0.05) is 36.9 Å². The summed E-state index contributed by atoms with van der Waals surface area (Å²) in [5.74, 6) is 1.63. The maximum atomic E-state index is 12.5. The SMILES string of the molecule is CCn1c(-c2cc[n+](Cc3ccc(OC)cc3)cc2)nc2cnn(C)c(=O)c21.